The number of likely N-dealkylation sites (N-methyl/N-ethyl adjacent to an activating group) is 1. The zero-order valence-electron chi connectivity index (χ0n) is 9.48. The van der Waals surface area contributed by atoms with Crippen molar-refractivity contribution in [2.75, 3.05) is 19.6 Å². The van der Waals surface area contributed by atoms with E-state index in [1.807, 2.05) is 0 Å². The summed E-state index contributed by atoms with van der Waals surface area (Å²) in [7, 11) is 0. The van der Waals surface area contributed by atoms with Gasteiger partial charge in [-0.1, -0.05) is 13.3 Å². The lowest BCUT2D eigenvalue weighted by Gasteiger charge is -2.27. The Labute approximate surface area is 91.5 Å². The van der Waals surface area contributed by atoms with Gasteiger partial charge in [-0.25, -0.2) is 0 Å². The maximum Gasteiger partial charge on any atom is 0.317 e. The number of rotatable bonds is 5. The van der Waals surface area contributed by atoms with E-state index < -0.39 is 5.97 Å². The highest BCUT2D eigenvalue weighted by atomic mass is 16.4. The second-order valence-electron chi connectivity index (χ2n) is 5.16. The maximum absolute atomic E-state index is 10.7. The molecule has 0 heterocycles. The smallest absolute Gasteiger partial charge is 0.317 e. The third-order valence-corrected chi connectivity index (χ3v) is 4.18. The molecular weight excluding hydrogens is 190 g/mol. The monoisotopic (exact) mass is 211 g/mol. The molecule has 0 aromatic rings. The molecule has 2 saturated carbocycles. The summed E-state index contributed by atoms with van der Waals surface area (Å²) in [6, 6.07) is 0. The molecule has 3 atom stereocenters. The Morgan fingerprint density at radius 2 is 2.20 bits per heavy atom. The summed E-state index contributed by atoms with van der Waals surface area (Å²) < 4.78 is 0. The largest absolute Gasteiger partial charge is 0.480 e. The molecule has 15 heavy (non-hydrogen) atoms. The van der Waals surface area contributed by atoms with Crippen molar-refractivity contribution < 1.29 is 9.90 Å². The first-order valence-electron chi connectivity index (χ1n) is 6.13. The summed E-state index contributed by atoms with van der Waals surface area (Å²) in [5, 5.41) is 8.78. The van der Waals surface area contributed by atoms with Crippen LogP contribution < -0.4 is 0 Å². The average molecular weight is 211 g/mol. The lowest BCUT2D eigenvalue weighted by molar-refractivity contribution is -0.138. The van der Waals surface area contributed by atoms with Crippen LogP contribution in [0.5, 0.6) is 0 Å². The summed E-state index contributed by atoms with van der Waals surface area (Å²) in [5.41, 5.74) is 0. The first kappa shape index (κ1) is 10.9. The van der Waals surface area contributed by atoms with Gasteiger partial charge in [0, 0.05) is 6.54 Å². The van der Waals surface area contributed by atoms with Gasteiger partial charge in [0.05, 0.1) is 6.54 Å². The number of nitrogens with zero attached hydrogens (tertiary/aromatic N) is 1. The molecule has 0 radical (unpaired) electrons. The first-order chi connectivity index (χ1) is 7.19. The number of hydrogen-bond donors (Lipinski definition) is 1. The Morgan fingerprint density at radius 3 is 2.67 bits per heavy atom. The number of carbonyl (C=O) groups is 1. The van der Waals surface area contributed by atoms with Crippen LogP contribution in [0.25, 0.3) is 0 Å². The average Bonchev–Trinajstić information content (AvgIpc) is 2.77. The molecule has 2 aliphatic carbocycles. The van der Waals surface area contributed by atoms with Crippen LogP contribution in [-0.4, -0.2) is 35.6 Å². The summed E-state index contributed by atoms with van der Waals surface area (Å²) in [4.78, 5) is 12.7. The van der Waals surface area contributed by atoms with Crippen LogP contribution in [0.4, 0.5) is 0 Å². The molecule has 0 aromatic carbocycles. The Kier molecular flexibility index (Phi) is 3.29. The number of aliphatic carboxylic acids is 1. The van der Waals surface area contributed by atoms with Gasteiger partial charge in [-0.3, -0.25) is 9.69 Å². The minimum atomic E-state index is -0.694. The fourth-order valence-electron chi connectivity index (χ4n) is 3.43. The molecule has 2 fully saturated rings. The number of carboxylic acids is 1. The highest BCUT2D eigenvalue weighted by molar-refractivity contribution is 5.69. The number of fused-ring (bicyclic) bond motifs is 2. The van der Waals surface area contributed by atoms with Crippen molar-refractivity contribution in [1.82, 2.24) is 4.90 Å². The quantitative estimate of drug-likeness (QED) is 0.754. The summed E-state index contributed by atoms with van der Waals surface area (Å²) in [5.74, 6) is 1.95. The van der Waals surface area contributed by atoms with Gasteiger partial charge in [-0.05, 0) is 43.6 Å². The van der Waals surface area contributed by atoms with Crippen molar-refractivity contribution in [1.29, 1.82) is 0 Å². The number of hydrogen-bond acceptors (Lipinski definition) is 2. The Balaban J connectivity index is 1.82. The van der Waals surface area contributed by atoms with E-state index in [2.05, 4.69) is 11.8 Å². The molecule has 0 aliphatic heterocycles. The Bertz CT molecular complexity index is 242. The van der Waals surface area contributed by atoms with Crippen LogP contribution in [0.3, 0.4) is 0 Å². The van der Waals surface area contributed by atoms with Gasteiger partial charge in [-0.2, -0.15) is 0 Å². The van der Waals surface area contributed by atoms with Gasteiger partial charge in [0.25, 0.3) is 0 Å². The maximum atomic E-state index is 10.7. The van der Waals surface area contributed by atoms with Crippen LogP contribution in [0, 0.1) is 17.8 Å². The molecule has 3 nitrogen and oxygen atoms in total. The third-order valence-electron chi connectivity index (χ3n) is 4.18. The molecule has 1 N–H and O–H groups in total. The fourth-order valence-corrected chi connectivity index (χ4v) is 3.43. The van der Waals surface area contributed by atoms with E-state index in [1.54, 1.807) is 0 Å². The molecule has 0 aromatic heterocycles. The van der Waals surface area contributed by atoms with Gasteiger partial charge in [0.1, 0.15) is 0 Å². The minimum absolute atomic E-state index is 0.213. The molecule has 2 bridgehead atoms. The lowest BCUT2D eigenvalue weighted by Crippen LogP contribution is -2.35. The molecule has 2 aliphatic rings. The van der Waals surface area contributed by atoms with E-state index in [-0.39, 0.29) is 6.54 Å². The molecule has 86 valence electrons. The van der Waals surface area contributed by atoms with Gasteiger partial charge in [0.15, 0.2) is 0 Å². The summed E-state index contributed by atoms with van der Waals surface area (Å²) in [6.45, 7) is 4.13. The first-order valence-corrected chi connectivity index (χ1v) is 6.13. The van der Waals surface area contributed by atoms with Crippen LogP contribution in [-0.2, 0) is 4.79 Å². The van der Waals surface area contributed by atoms with Crippen LogP contribution in [0.2, 0.25) is 0 Å². The van der Waals surface area contributed by atoms with Gasteiger partial charge < -0.3 is 5.11 Å². The van der Waals surface area contributed by atoms with E-state index >= 15 is 0 Å². The third kappa shape index (κ3) is 2.51. The summed E-state index contributed by atoms with van der Waals surface area (Å²) in [6.07, 6.45) is 5.57. The zero-order valence-corrected chi connectivity index (χ0v) is 9.48. The van der Waals surface area contributed by atoms with Gasteiger partial charge >= 0.3 is 5.97 Å². The van der Waals surface area contributed by atoms with Crippen molar-refractivity contribution in [3.05, 3.63) is 0 Å². The Hall–Kier alpha value is -0.570. The second-order valence-corrected chi connectivity index (χ2v) is 5.16. The number of carboxylic acid groups (broad SMARTS) is 1. The normalized spacial score (nSPS) is 33.9. The topological polar surface area (TPSA) is 40.5 Å². The lowest BCUT2D eigenvalue weighted by atomic mass is 9.88. The highest BCUT2D eigenvalue weighted by Crippen LogP contribution is 2.48. The van der Waals surface area contributed by atoms with E-state index in [0.717, 1.165) is 30.8 Å². The second kappa shape index (κ2) is 4.52. The van der Waals surface area contributed by atoms with Crippen LogP contribution in [0.15, 0.2) is 0 Å². The van der Waals surface area contributed by atoms with Crippen molar-refractivity contribution in [3.63, 3.8) is 0 Å². The zero-order chi connectivity index (χ0) is 10.8. The molecule has 2 rings (SSSR count). The standard InChI is InChI=1S/C12H21NO2/c1-2-13(8-12(14)15)7-11-6-9-3-4-10(11)5-9/h9-11H,2-8H2,1H3,(H,14,15). The molecule has 0 saturated heterocycles. The van der Waals surface area contributed by atoms with Crippen molar-refractivity contribution in [2.45, 2.75) is 32.6 Å². The molecule has 3 unspecified atom stereocenters. The molecule has 0 spiro atoms. The predicted octanol–water partition coefficient (Wildman–Crippen LogP) is 1.83. The van der Waals surface area contributed by atoms with Gasteiger partial charge in [-0.15, -0.1) is 0 Å². The predicted molar refractivity (Wildman–Crippen MR) is 58.7 cm³/mol. The van der Waals surface area contributed by atoms with Crippen molar-refractivity contribution in [3.8, 4) is 0 Å². The van der Waals surface area contributed by atoms with Crippen molar-refractivity contribution in [2.24, 2.45) is 17.8 Å². The summed E-state index contributed by atoms with van der Waals surface area (Å²) >= 11 is 0. The Morgan fingerprint density at radius 1 is 1.40 bits per heavy atom. The van der Waals surface area contributed by atoms with E-state index in [1.165, 1.54) is 25.7 Å². The molecule has 0 amide bonds. The highest BCUT2D eigenvalue weighted by Gasteiger charge is 2.39. The van der Waals surface area contributed by atoms with E-state index in [9.17, 15) is 4.79 Å². The van der Waals surface area contributed by atoms with E-state index in [0.29, 0.717) is 0 Å². The van der Waals surface area contributed by atoms with Crippen LogP contribution >= 0.6 is 0 Å². The van der Waals surface area contributed by atoms with Crippen LogP contribution in [0.1, 0.15) is 32.6 Å². The molecular formula is C12H21NO2. The minimum Gasteiger partial charge on any atom is -0.480 e. The SMILES string of the molecule is CCN(CC(=O)O)CC1CC2CCC1C2. The van der Waals surface area contributed by atoms with Gasteiger partial charge in [0.2, 0.25) is 0 Å². The van der Waals surface area contributed by atoms with Crippen molar-refractivity contribution >= 4 is 5.97 Å². The fraction of sp³-hybridized carbons (Fsp3) is 0.917. The molecule has 3 heteroatoms. The van der Waals surface area contributed by atoms with E-state index in [4.69, 9.17) is 5.11 Å².